The fraction of sp³-hybridized carbons (Fsp3) is 0.867. The minimum absolute atomic E-state index is 0.399. The molecule has 2 rings (SSSR count). The van der Waals surface area contributed by atoms with Crippen molar-refractivity contribution in [2.75, 3.05) is 6.61 Å². The summed E-state index contributed by atoms with van der Waals surface area (Å²) in [6.07, 6.45) is 0. The van der Waals surface area contributed by atoms with Crippen LogP contribution in [0.25, 0.3) is 0 Å². The first kappa shape index (κ1) is 16.7. The lowest BCUT2D eigenvalue weighted by Crippen LogP contribution is -2.49. The molecule has 0 aliphatic heterocycles. The summed E-state index contributed by atoms with van der Waals surface area (Å²) in [6, 6.07) is 0. The normalized spacial score (nSPS) is 49.7. The number of aliphatic hydroxyl groups excluding tert-OH is 2. The molecule has 0 spiro atoms. The third kappa shape index (κ3) is 1.14. The van der Waals surface area contributed by atoms with Crippen LogP contribution < -0.4 is 0 Å². The van der Waals surface area contributed by atoms with Crippen molar-refractivity contribution in [3.63, 3.8) is 0 Å². The molecule has 21 heavy (non-hydrogen) atoms. The van der Waals surface area contributed by atoms with Crippen molar-refractivity contribution < 1.29 is 30.6 Å². The molecule has 0 aromatic heterocycles. The summed E-state index contributed by atoms with van der Waals surface area (Å²) in [5.74, 6) is -0.425. The fourth-order valence-corrected chi connectivity index (χ4v) is 4.35. The summed E-state index contributed by atoms with van der Waals surface area (Å²) < 4.78 is 0. The molecule has 0 heterocycles. The van der Waals surface area contributed by atoms with Crippen molar-refractivity contribution in [3.8, 4) is 0 Å². The minimum atomic E-state index is -2.19. The van der Waals surface area contributed by atoms with Crippen LogP contribution in [-0.4, -0.2) is 59.7 Å². The zero-order valence-electron chi connectivity index (χ0n) is 13.4. The molecular weight excluding hydrogens is 276 g/mol. The summed E-state index contributed by atoms with van der Waals surface area (Å²) in [4.78, 5) is 0. The maximum atomic E-state index is 11.0. The third-order valence-corrected chi connectivity index (χ3v) is 6.31. The summed E-state index contributed by atoms with van der Waals surface area (Å²) >= 11 is 0. The molecular formula is C15H26O6. The molecule has 0 saturated heterocycles. The maximum Gasteiger partial charge on any atom is 0.161 e. The van der Waals surface area contributed by atoms with E-state index in [9.17, 15) is 30.6 Å². The molecule has 6 N–H and O–H groups in total. The first-order valence-electron chi connectivity index (χ1n) is 7.04. The highest BCUT2D eigenvalue weighted by Crippen LogP contribution is 2.83. The molecule has 0 aromatic carbocycles. The van der Waals surface area contributed by atoms with E-state index in [1.807, 2.05) is 0 Å². The first-order valence-corrected chi connectivity index (χ1v) is 7.04. The van der Waals surface area contributed by atoms with Crippen LogP contribution in [0.1, 0.15) is 41.5 Å². The second-order valence-electron chi connectivity index (χ2n) is 7.75. The number of allylic oxidation sites excluding steroid dienone is 1. The summed E-state index contributed by atoms with van der Waals surface area (Å²) in [6.45, 7) is 8.36. The van der Waals surface area contributed by atoms with E-state index in [1.54, 1.807) is 13.8 Å². The summed E-state index contributed by atoms with van der Waals surface area (Å²) in [5, 5.41) is 62.9. The van der Waals surface area contributed by atoms with Gasteiger partial charge in [-0.2, -0.15) is 0 Å². The van der Waals surface area contributed by atoms with E-state index in [0.29, 0.717) is 5.57 Å². The lowest BCUT2D eigenvalue weighted by atomic mass is 9.93. The highest BCUT2D eigenvalue weighted by molar-refractivity contribution is 5.56. The fourth-order valence-electron chi connectivity index (χ4n) is 4.35. The van der Waals surface area contributed by atoms with Crippen molar-refractivity contribution in [2.45, 2.75) is 63.9 Å². The number of rotatable bonds is 3. The molecule has 2 fully saturated rings. The van der Waals surface area contributed by atoms with Gasteiger partial charge in [0.25, 0.3) is 0 Å². The highest BCUT2D eigenvalue weighted by atomic mass is 16.5. The van der Waals surface area contributed by atoms with Gasteiger partial charge in [0.15, 0.2) is 5.60 Å². The second-order valence-corrected chi connectivity index (χ2v) is 7.75. The van der Waals surface area contributed by atoms with Gasteiger partial charge in [-0.15, -0.1) is 0 Å². The number of hydrogen-bond donors (Lipinski definition) is 6. The Balaban J connectivity index is 2.65. The summed E-state index contributed by atoms with van der Waals surface area (Å²) in [5.41, 5.74) is -10.5. The van der Waals surface area contributed by atoms with Crippen LogP contribution in [0.5, 0.6) is 0 Å². The average molecular weight is 302 g/mol. The highest BCUT2D eigenvalue weighted by Gasteiger charge is 3.03. The minimum Gasteiger partial charge on any atom is -0.509 e. The lowest BCUT2D eigenvalue weighted by Gasteiger charge is -2.26. The Morgan fingerprint density at radius 2 is 1.24 bits per heavy atom. The average Bonchev–Trinajstić information content (AvgIpc) is 2.94. The van der Waals surface area contributed by atoms with E-state index in [-0.39, 0.29) is 0 Å². The Labute approximate surface area is 124 Å². The summed E-state index contributed by atoms with van der Waals surface area (Å²) in [7, 11) is 0. The first-order chi connectivity index (χ1) is 9.16. The predicted molar refractivity (Wildman–Crippen MR) is 75.4 cm³/mol. The predicted octanol–water partition coefficient (Wildman–Crippen LogP) is -0.165. The van der Waals surface area contributed by atoms with Gasteiger partial charge in [0.05, 0.1) is 6.61 Å². The Hall–Kier alpha value is -0.660. The molecule has 0 radical (unpaired) electrons. The Bertz CT molecular complexity index is 534. The molecule has 0 amide bonds. The standard InChI is InChI=1S/C15H26O6/c1-8(2)9(17)13(19)11(5,6)15(13,21)14(20)10(3,4)12(14,18)7-16/h16-21H,7H2,1-6H3/t12-,13-,14+,15+/m1/s1. The van der Waals surface area contributed by atoms with Crippen molar-refractivity contribution in [2.24, 2.45) is 10.8 Å². The molecule has 2 aliphatic rings. The maximum absolute atomic E-state index is 11.0. The van der Waals surface area contributed by atoms with E-state index in [1.165, 1.54) is 27.7 Å². The Morgan fingerprint density at radius 1 is 0.810 bits per heavy atom. The molecule has 122 valence electrons. The number of aliphatic hydroxyl groups is 6. The molecule has 4 atom stereocenters. The van der Waals surface area contributed by atoms with Crippen LogP contribution in [0.4, 0.5) is 0 Å². The van der Waals surface area contributed by atoms with Crippen LogP contribution in [-0.2, 0) is 0 Å². The second kappa shape index (κ2) is 3.63. The van der Waals surface area contributed by atoms with Gasteiger partial charge in [0.1, 0.15) is 22.6 Å². The lowest BCUT2D eigenvalue weighted by molar-refractivity contribution is -0.129. The number of hydrogen-bond acceptors (Lipinski definition) is 6. The van der Waals surface area contributed by atoms with Crippen molar-refractivity contribution in [1.82, 2.24) is 0 Å². The van der Waals surface area contributed by atoms with E-state index in [2.05, 4.69) is 0 Å². The van der Waals surface area contributed by atoms with E-state index in [0.717, 1.165) is 0 Å². The van der Waals surface area contributed by atoms with Crippen LogP contribution in [0, 0.1) is 10.8 Å². The van der Waals surface area contributed by atoms with Crippen molar-refractivity contribution in [1.29, 1.82) is 0 Å². The molecule has 0 bridgehead atoms. The van der Waals surface area contributed by atoms with Gasteiger partial charge in [0.2, 0.25) is 0 Å². The van der Waals surface area contributed by atoms with Gasteiger partial charge in [-0.05, 0) is 19.4 Å². The Morgan fingerprint density at radius 3 is 1.52 bits per heavy atom. The van der Waals surface area contributed by atoms with Crippen LogP contribution in [0.15, 0.2) is 11.3 Å². The van der Waals surface area contributed by atoms with E-state index >= 15 is 0 Å². The van der Waals surface area contributed by atoms with E-state index in [4.69, 9.17) is 0 Å². The Kier molecular flexibility index (Phi) is 2.89. The molecule has 6 heteroatoms. The van der Waals surface area contributed by atoms with Crippen LogP contribution in [0.3, 0.4) is 0 Å². The van der Waals surface area contributed by atoms with Crippen molar-refractivity contribution in [3.05, 3.63) is 11.3 Å². The smallest absolute Gasteiger partial charge is 0.161 e. The zero-order valence-corrected chi connectivity index (χ0v) is 13.4. The van der Waals surface area contributed by atoms with Crippen LogP contribution >= 0.6 is 0 Å². The van der Waals surface area contributed by atoms with Crippen molar-refractivity contribution >= 4 is 0 Å². The van der Waals surface area contributed by atoms with E-state index < -0.39 is 45.6 Å². The topological polar surface area (TPSA) is 121 Å². The quantitative estimate of drug-likeness (QED) is 0.403. The molecule has 0 aromatic rings. The molecule has 6 nitrogen and oxygen atoms in total. The zero-order chi connectivity index (χ0) is 16.9. The van der Waals surface area contributed by atoms with Gasteiger partial charge in [-0.3, -0.25) is 0 Å². The van der Waals surface area contributed by atoms with Gasteiger partial charge in [-0.25, -0.2) is 0 Å². The van der Waals surface area contributed by atoms with Gasteiger partial charge < -0.3 is 30.6 Å². The molecule has 2 aliphatic carbocycles. The van der Waals surface area contributed by atoms with Crippen LogP contribution in [0.2, 0.25) is 0 Å². The van der Waals surface area contributed by atoms with Gasteiger partial charge in [-0.1, -0.05) is 27.7 Å². The van der Waals surface area contributed by atoms with Gasteiger partial charge >= 0.3 is 0 Å². The SMILES string of the molecule is CC(C)=C(O)[C@@]1(O)C(C)(C)[C@@]1(O)[C@]1(O)C(C)(C)[C@]1(O)CO. The van der Waals surface area contributed by atoms with Gasteiger partial charge in [0, 0.05) is 10.8 Å². The molecule has 0 unspecified atom stereocenters. The molecule has 2 saturated carbocycles. The largest absolute Gasteiger partial charge is 0.509 e. The third-order valence-electron chi connectivity index (χ3n) is 6.31. The monoisotopic (exact) mass is 302 g/mol.